The highest BCUT2D eigenvalue weighted by Crippen LogP contribution is 2.23. The molecule has 92 valence electrons. The molecule has 1 heterocycles. The Morgan fingerprint density at radius 1 is 1.44 bits per heavy atom. The predicted molar refractivity (Wildman–Crippen MR) is 59.5 cm³/mol. The number of halogens is 2. The molecule has 1 aromatic rings. The maximum absolute atomic E-state index is 12.8. The minimum absolute atomic E-state index is 0.0271. The summed E-state index contributed by atoms with van der Waals surface area (Å²) in [4.78, 5) is 0. The molecule has 0 aliphatic carbocycles. The fourth-order valence-corrected chi connectivity index (χ4v) is 1.43. The van der Waals surface area contributed by atoms with Gasteiger partial charge in [-0.1, -0.05) is 0 Å². The Kier molecular flexibility index (Phi) is 4.02. The smallest absolute Gasteiger partial charge is 0.280 e. The zero-order valence-corrected chi connectivity index (χ0v) is 10.2. The van der Waals surface area contributed by atoms with Crippen LogP contribution in [0.5, 0.6) is 0 Å². The van der Waals surface area contributed by atoms with Gasteiger partial charge in [-0.15, -0.1) is 0 Å². The third kappa shape index (κ3) is 3.27. The van der Waals surface area contributed by atoms with Gasteiger partial charge in [0.25, 0.3) is 6.43 Å². The number of aryl methyl sites for hydroxylation is 1. The van der Waals surface area contributed by atoms with E-state index in [1.807, 2.05) is 20.8 Å². The fourth-order valence-electron chi connectivity index (χ4n) is 1.43. The van der Waals surface area contributed by atoms with Gasteiger partial charge in [-0.25, -0.2) is 8.78 Å². The Bertz CT molecular complexity index is 339. The van der Waals surface area contributed by atoms with Gasteiger partial charge in [-0.2, -0.15) is 5.10 Å². The standard InChI is InChI=1S/C11H19F2N3/c1-5-16-9(10(12)13)8(7-15-16)6-14-11(2,3)4/h7,10,14H,5-6H2,1-4H3. The molecule has 0 unspecified atom stereocenters. The SMILES string of the molecule is CCn1ncc(CNC(C)(C)C)c1C(F)F. The van der Waals surface area contributed by atoms with Crippen molar-refractivity contribution in [3.8, 4) is 0 Å². The van der Waals surface area contributed by atoms with Crippen LogP contribution in [0, 0.1) is 0 Å². The molecule has 0 atom stereocenters. The van der Waals surface area contributed by atoms with Crippen molar-refractivity contribution in [2.24, 2.45) is 0 Å². The van der Waals surface area contributed by atoms with Crippen LogP contribution in [0.1, 0.15) is 45.4 Å². The number of alkyl halides is 2. The van der Waals surface area contributed by atoms with Crippen LogP contribution < -0.4 is 5.32 Å². The molecule has 0 amide bonds. The van der Waals surface area contributed by atoms with Crippen molar-refractivity contribution in [3.05, 3.63) is 17.5 Å². The molecule has 5 heteroatoms. The molecule has 1 N–H and O–H groups in total. The molecule has 0 bridgehead atoms. The van der Waals surface area contributed by atoms with Crippen LogP contribution in [0.3, 0.4) is 0 Å². The third-order valence-electron chi connectivity index (χ3n) is 2.28. The van der Waals surface area contributed by atoms with Crippen molar-refractivity contribution in [3.63, 3.8) is 0 Å². The fraction of sp³-hybridized carbons (Fsp3) is 0.727. The highest BCUT2D eigenvalue weighted by Gasteiger charge is 2.20. The van der Waals surface area contributed by atoms with Gasteiger partial charge < -0.3 is 5.32 Å². The molecule has 0 saturated carbocycles. The lowest BCUT2D eigenvalue weighted by molar-refractivity contribution is 0.137. The lowest BCUT2D eigenvalue weighted by Crippen LogP contribution is -2.35. The number of hydrogen-bond acceptors (Lipinski definition) is 2. The molecule has 1 aromatic heterocycles. The zero-order chi connectivity index (χ0) is 12.3. The number of hydrogen-bond donors (Lipinski definition) is 1. The van der Waals surface area contributed by atoms with Crippen molar-refractivity contribution < 1.29 is 8.78 Å². The van der Waals surface area contributed by atoms with Crippen LogP contribution >= 0.6 is 0 Å². The number of nitrogens with zero attached hydrogens (tertiary/aromatic N) is 2. The summed E-state index contributed by atoms with van der Waals surface area (Å²) in [6.07, 6.45) is -0.955. The van der Waals surface area contributed by atoms with Gasteiger partial charge in [-0.05, 0) is 27.7 Å². The molecule has 1 rings (SSSR count). The minimum atomic E-state index is -2.47. The van der Waals surface area contributed by atoms with Gasteiger partial charge in [0.05, 0.1) is 6.20 Å². The van der Waals surface area contributed by atoms with E-state index in [0.29, 0.717) is 18.7 Å². The quantitative estimate of drug-likeness (QED) is 0.863. The van der Waals surface area contributed by atoms with E-state index in [2.05, 4.69) is 10.4 Å². The average molecular weight is 231 g/mol. The zero-order valence-electron chi connectivity index (χ0n) is 10.2. The van der Waals surface area contributed by atoms with Crippen molar-refractivity contribution in [2.75, 3.05) is 0 Å². The minimum Gasteiger partial charge on any atom is -0.308 e. The number of nitrogens with one attached hydrogen (secondary N) is 1. The second kappa shape index (κ2) is 4.91. The first kappa shape index (κ1) is 13.1. The summed E-state index contributed by atoms with van der Waals surface area (Å²) >= 11 is 0. The first-order valence-corrected chi connectivity index (χ1v) is 5.43. The van der Waals surface area contributed by atoms with E-state index in [4.69, 9.17) is 0 Å². The molecule has 0 aliphatic rings. The molecular formula is C11H19F2N3. The van der Waals surface area contributed by atoms with Crippen LogP contribution in [-0.2, 0) is 13.1 Å². The summed E-state index contributed by atoms with van der Waals surface area (Å²) in [5.74, 6) is 0. The largest absolute Gasteiger partial charge is 0.308 e. The van der Waals surface area contributed by atoms with E-state index in [0.717, 1.165) is 0 Å². The predicted octanol–water partition coefficient (Wildman–Crippen LogP) is 2.73. The van der Waals surface area contributed by atoms with Crippen LogP contribution in [0.25, 0.3) is 0 Å². The molecule has 16 heavy (non-hydrogen) atoms. The van der Waals surface area contributed by atoms with Crippen LogP contribution in [0.2, 0.25) is 0 Å². The Hall–Kier alpha value is -0.970. The van der Waals surface area contributed by atoms with Crippen molar-refractivity contribution in [1.29, 1.82) is 0 Å². The summed E-state index contributed by atoms with van der Waals surface area (Å²) in [7, 11) is 0. The monoisotopic (exact) mass is 231 g/mol. The lowest BCUT2D eigenvalue weighted by atomic mass is 10.1. The first-order valence-electron chi connectivity index (χ1n) is 5.43. The van der Waals surface area contributed by atoms with E-state index in [1.165, 1.54) is 10.9 Å². The summed E-state index contributed by atoms with van der Waals surface area (Å²) in [5, 5.41) is 7.14. The Balaban J connectivity index is 2.84. The van der Waals surface area contributed by atoms with Crippen molar-refractivity contribution in [2.45, 2.75) is 52.7 Å². The molecule has 0 radical (unpaired) electrons. The molecule has 3 nitrogen and oxygen atoms in total. The summed E-state index contributed by atoms with van der Waals surface area (Å²) < 4.78 is 27.0. The maximum atomic E-state index is 12.8. The Morgan fingerprint density at radius 3 is 2.50 bits per heavy atom. The van der Waals surface area contributed by atoms with Crippen molar-refractivity contribution >= 4 is 0 Å². The van der Waals surface area contributed by atoms with Gasteiger partial charge in [0.15, 0.2) is 0 Å². The molecule has 0 saturated heterocycles. The number of aromatic nitrogens is 2. The summed E-state index contributed by atoms with van der Waals surface area (Å²) in [6.45, 7) is 8.69. The van der Waals surface area contributed by atoms with E-state index >= 15 is 0 Å². The highest BCUT2D eigenvalue weighted by molar-refractivity contribution is 5.19. The van der Waals surface area contributed by atoms with Crippen LogP contribution in [0.4, 0.5) is 8.78 Å². The normalized spacial score (nSPS) is 12.4. The summed E-state index contributed by atoms with van der Waals surface area (Å²) in [6, 6.07) is 0. The molecule has 0 spiro atoms. The van der Waals surface area contributed by atoms with Crippen molar-refractivity contribution in [1.82, 2.24) is 15.1 Å². The lowest BCUT2D eigenvalue weighted by Gasteiger charge is -2.20. The van der Waals surface area contributed by atoms with Gasteiger partial charge in [0.2, 0.25) is 0 Å². The number of rotatable bonds is 4. The van der Waals surface area contributed by atoms with Gasteiger partial charge in [0.1, 0.15) is 5.69 Å². The summed E-state index contributed by atoms with van der Waals surface area (Å²) in [5.41, 5.74) is 0.513. The maximum Gasteiger partial charge on any atom is 0.280 e. The Morgan fingerprint density at radius 2 is 2.06 bits per heavy atom. The van der Waals surface area contributed by atoms with Gasteiger partial charge >= 0.3 is 0 Å². The van der Waals surface area contributed by atoms with E-state index in [9.17, 15) is 8.78 Å². The Labute approximate surface area is 94.8 Å². The van der Waals surface area contributed by atoms with Crippen LogP contribution in [-0.4, -0.2) is 15.3 Å². The second-order valence-corrected chi connectivity index (χ2v) is 4.78. The van der Waals surface area contributed by atoms with Gasteiger partial charge in [-0.3, -0.25) is 4.68 Å². The highest BCUT2D eigenvalue weighted by atomic mass is 19.3. The first-order chi connectivity index (χ1) is 7.35. The van der Waals surface area contributed by atoms with Gasteiger partial charge in [0, 0.05) is 24.2 Å². The second-order valence-electron chi connectivity index (χ2n) is 4.78. The third-order valence-corrected chi connectivity index (χ3v) is 2.28. The topological polar surface area (TPSA) is 29.9 Å². The average Bonchev–Trinajstić information content (AvgIpc) is 2.56. The molecule has 0 aliphatic heterocycles. The van der Waals surface area contributed by atoms with E-state index < -0.39 is 6.43 Å². The molecule has 0 fully saturated rings. The molecular weight excluding hydrogens is 212 g/mol. The molecule has 0 aromatic carbocycles. The van der Waals surface area contributed by atoms with E-state index in [-0.39, 0.29) is 11.2 Å². The van der Waals surface area contributed by atoms with Crippen LogP contribution in [0.15, 0.2) is 6.20 Å². The van der Waals surface area contributed by atoms with E-state index in [1.54, 1.807) is 6.92 Å².